The van der Waals surface area contributed by atoms with Crippen LogP contribution >= 0.6 is 24.0 Å². The lowest BCUT2D eigenvalue weighted by molar-refractivity contribution is -0.121. The minimum atomic E-state index is -0.660. The van der Waals surface area contributed by atoms with E-state index in [1.165, 1.54) is 42.8 Å². The van der Waals surface area contributed by atoms with E-state index in [0.717, 1.165) is 81.4 Å². The third-order valence-electron chi connectivity index (χ3n) is 22.0. The van der Waals surface area contributed by atoms with Crippen molar-refractivity contribution in [3.05, 3.63) is 196 Å². The number of hydrogen-bond acceptors (Lipinski definition) is 17. The second-order valence-corrected chi connectivity index (χ2v) is 30.9. The minimum Gasteiger partial charge on any atom is -0.444 e. The number of urea groups is 1. The van der Waals surface area contributed by atoms with Gasteiger partial charge in [0, 0.05) is 163 Å². The predicted octanol–water partition coefficient (Wildman–Crippen LogP) is 15.7. The van der Waals surface area contributed by atoms with Crippen LogP contribution in [0.3, 0.4) is 0 Å². The summed E-state index contributed by atoms with van der Waals surface area (Å²) in [6.45, 7) is 12.7. The first-order valence-electron chi connectivity index (χ1n) is 38.1. The maximum atomic E-state index is 15.0. The first kappa shape index (κ1) is 76.9. The molecule has 8 aliphatic rings. The number of para-hydroxylation sites is 3. The Morgan fingerprint density at radius 3 is 1.18 bits per heavy atom. The summed E-state index contributed by atoms with van der Waals surface area (Å²) in [7, 11) is 0. The lowest BCUT2D eigenvalue weighted by Gasteiger charge is -2.32. The molecule has 6 aromatic carbocycles. The summed E-state index contributed by atoms with van der Waals surface area (Å²) in [6, 6.07) is 30.1. The number of allylic oxidation sites excluding steroid dienone is 6. The predicted molar refractivity (Wildman–Crippen MR) is 426 cm³/mol. The number of benzene rings is 6. The molecule has 115 heavy (non-hydrogen) atoms. The highest BCUT2D eigenvalue weighted by Gasteiger charge is 2.42. The van der Waals surface area contributed by atoms with Gasteiger partial charge >= 0.3 is 17.5 Å². The van der Waals surface area contributed by atoms with Crippen molar-refractivity contribution in [3.63, 3.8) is 0 Å². The Morgan fingerprint density at radius 2 is 0.783 bits per heavy atom. The molecular weight excluding hydrogens is 1520 g/mol. The molecule has 5 aliphatic heterocycles. The minimum absolute atomic E-state index is 0. The number of amides is 4. The average Bonchev–Trinajstić information content (AvgIpc) is 1.59. The Morgan fingerprint density at radius 1 is 0.426 bits per heavy atom. The SMILES string of the molecule is CC(C)(C)OC(=O)N1CCn2cc(C3=C(c4noc5ccccc45)C(=O)CC3=O)c3cc(F)cc(c32)C1.Cl.O=C(Cl)N1CCCCC1.O=C1CC(=O)C(c2cn3c4c(cc(F)cc24)CN(C(=O)N2CCCCC2)CC3)=C1c1noc2ccccc12.O=C1CC(=O)C(c2cn3c4c(cc(F)cc24)CNCC3)=C1c1noc2ccccc12. The normalized spacial score (nSPS) is 17.2. The van der Waals surface area contributed by atoms with Crippen molar-refractivity contribution in [2.75, 3.05) is 45.8 Å². The summed E-state index contributed by atoms with van der Waals surface area (Å²) < 4.78 is 72.1. The van der Waals surface area contributed by atoms with E-state index >= 15 is 4.39 Å². The van der Waals surface area contributed by atoms with Gasteiger partial charge in [-0.2, -0.15) is 0 Å². The molecule has 0 atom stereocenters. The number of nitrogens with one attached hydrogen (secondary N) is 1. The lowest BCUT2D eigenvalue weighted by Crippen LogP contribution is -2.45. The van der Waals surface area contributed by atoms with Gasteiger partial charge in [0.1, 0.15) is 40.1 Å². The summed E-state index contributed by atoms with van der Waals surface area (Å²) in [6.07, 6.45) is 10.8. The molecule has 1 N–H and O–H groups in total. The molecule has 12 aromatic rings. The Labute approximate surface area is 665 Å². The zero-order valence-electron chi connectivity index (χ0n) is 62.9. The third-order valence-corrected chi connectivity index (χ3v) is 22.3. The van der Waals surface area contributed by atoms with Gasteiger partial charge in [-0.05, 0) is 160 Å². The van der Waals surface area contributed by atoms with Gasteiger partial charge in [0.2, 0.25) is 0 Å². The maximum absolute atomic E-state index is 15.0. The quantitative estimate of drug-likeness (QED) is 0.0919. The number of halogens is 5. The smallest absolute Gasteiger partial charge is 0.410 e. The highest BCUT2D eigenvalue weighted by atomic mass is 35.5. The van der Waals surface area contributed by atoms with Gasteiger partial charge in [0.15, 0.2) is 51.4 Å². The number of ketones is 6. The van der Waals surface area contributed by atoms with Crippen LogP contribution in [0, 0.1) is 17.5 Å². The van der Waals surface area contributed by atoms with Gasteiger partial charge < -0.3 is 56.9 Å². The fraction of sp³-hybridized carbons (Fsp3) is 0.302. The van der Waals surface area contributed by atoms with Crippen molar-refractivity contribution in [1.82, 2.24) is 54.1 Å². The highest BCUT2D eigenvalue weighted by molar-refractivity contribution is 6.62. The molecular formula is C86H76Cl2F3N11O13. The molecule has 20 rings (SSSR count). The fourth-order valence-corrected chi connectivity index (χ4v) is 17.2. The van der Waals surface area contributed by atoms with Gasteiger partial charge in [-0.1, -0.05) is 51.9 Å². The number of carbonyl (C=O) groups is 9. The Hall–Kier alpha value is -12.1. The van der Waals surface area contributed by atoms with E-state index in [0.29, 0.717) is 144 Å². The third kappa shape index (κ3) is 14.4. The van der Waals surface area contributed by atoms with Crippen molar-refractivity contribution in [1.29, 1.82) is 0 Å². The van der Waals surface area contributed by atoms with Gasteiger partial charge in [-0.25, -0.2) is 22.8 Å². The molecule has 0 unspecified atom stereocenters. The molecule has 588 valence electrons. The van der Waals surface area contributed by atoms with E-state index in [4.69, 9.17) is 29.9 Å². The van der Waals surface area contributed by atoms with Crippen LogP contribution in [0.2, 0.25) is 0 Å². The van der Waals surface area contributed by atoms with Crippen LogP contribution in [0.15, 0.2) is 141 Å². The van der Waals surface area contributed by atoms with Crippen molar-refractivity contribution in [2.24, 2.45) is 0 Å². The number of carbonyl (C=O) groups excluding carboxylic acids is 9. The topological polar surface area (TPSA) is 281 Å². The molecule has 24 nitrogen and oxygen atoms in total. The number of fused-ring (bicyclic) bond motifs is 3. The van der Waals surface area contributed by atoms with Crippen LogP contribution in [-0.2, 0) is 72.8 Å². The zero-order valence-corrected chi connectivity index (χ0v) is 64.5. The average molecular weight is 1600 g/mol. The van der Waals surface area contributed by atoms with Crippen molar-refractivity contribution in [3.8, 4) is 0 Å². The molecule has 3 aliphatic carbocycles. The summed E-state index contributed by atoms with van der Waals surface area (Å²) >= 11 is 5.24. The van der Waals surface area contributed by atoms with E-state index in [9.17, 15) is 51.9 Å². The molecule has 0 spiro atoms. The number of nitrogens with zero attached hydrogens (tertiary/aromatic N) is 10. The standard InChI is InChI=1S/C29H25FN4O4.C28H24FN3O5.C23H16FN3O3.C6H10ClNO.ClH/c30-18-12-17-15-34(29(37)32-8-4-1-5-9-32)11-10-33-16-21(20(13-18)28(17)33)25-22(35)14-23(36)26(25)27-19-6-2-3-7-24(19)38-31-27;1-28(2,3)36-27(35)32-9-8-31-14-19(18-11-16(29)10-15(13-32)26(18)31)23-20(33)12-21(34)24(23)25-17-6-4-5-7-22(17)37-30-25;24-13-7-12-10-25-5-6-27-11-16(15(8-13)23(12)27)20-17(28)9-18(29)21(20)22-14-3-1-2-4-19(14)30-26-22;7-6(9)8-4-2-1-3-5-8;/h2-3,6-7,12-13,16H,1,4-5,8-11,14-15H2;4-7,10-11,14H,8-9,12-13H2,1-3H3;1-4,7-8,11,25H,5-6,9-10H2;1-5H2;1H. The second kappa shape index (κ2) is 31.0. The van der Waals surface area contributed by atoms with Gasteiger partial charge in [0.05, 0.1) is 59.1 Å². The first-order chi connectivity index (χ1) is 55.0. The second-order valence-electron chi connectivity index (χ2n) is 30.6. The largest absolute Gasteiger partial charge is 0.444 e. The van der Waals surface area contributed by atoms with E-state index in [2.05, 4.69) is 20.8 Å². The Balaban J connectivity index is 0.000000123. The van der Waals surface area contributed by atoms with Gasteiger partial charge in [0.25, 0.3) is 0 Å². The summed E-state index contributed by atoms with van der Waals surface area (Å²) in [5, 5.41) is 19.0. The number of piperidine rings is 2. The number of aromatic nitrogens is 6. The number of ether oxygens (including phenoxy) is 1. The molecule has 29 heteroatoms. The number of likely N-dealkylation sites (tertiary alicyclic amines) is 2. The molecule has 0 bridgehead atoms. The van der Waals surface area contributed by atoms with Crippen LogP contribution in [0.5, 0.6) is 0 Å². The molecule has 2 fully saturated rings. The van der Waals surface area contributed by atoms with E-state index < -0.39 is 23.3 Å². The number of hydrogen-bond donors (Lipinski definition) is 1. The van der Waals surface area contributed by atoms with Crippen LogP contribution in [-0.4, -0.2) is 152 Å². The Bertz CT molecular complexity index is 6210. The van der Waals surface area contributed by atoms with Crippen molar-refractivity contribution in [2.45, 2.75) is 123 Å². The molecule has 0 saturated carbocycles. The number of rotatable bonds is 6. The van der Waals surface area contributed by atoms with Gasteiger partial charge in [-0.15, -0.1) is 12.4 Å². The summed E-state index contributed by atoms with van der Waals surface area (Å²) in [5.74, 6) is -3.23. The van der Waals surface area contributed by atoms with E-state index in [1.807, 2.05) is 61.3 Å². The molecule has 0 radical (unpaired) electrons. The van der Waals surface area contributed by atoms with Gasteiger partial charge in [-0.3, -0.25) is 33.6 Å². The molecule has 11 heterocycles. The molecule has 6 aromatic heterocycles. The Kier molecular flexibility index (Phi) is 20.7. The monoisotopic (exact) mass is 1600 g/mol. The molecule has 2 saturated heterocycles. The maximum Gasteiger partial charge on any atom is 0.410 e. The van der Waals surface area contributed by atoms with Crippen LogP contribution in [0.25, 0.3) is 99.1 Å². The van der Waals surface area contributed by atoms with E-state index in [-0.39, 0.29) is 125 Å². The van der Waals surface area contributed by atoms with Crippen LogP contribution < -0.4 is 5.32 Å². The lowest BCUT2D eigenvalue weighted by atomic mass is 9.96. The fourth-order valence-electron chi connectivity index (χ4n) is 17.0. The van der Waals surface area contributed by atoms with Crippen LogP contribution in [0.1, 0.15) is 129 Å². The summed E-state index contributed by atoms with van der Waals surface area (Å²) in [4.78, 5) is 122. The van der Waals surface area contributed by atoms with Crippen LogP contribution in [0.4, 0.5) is 27.6 Å². The molecule has 4 amide bonds. The highest BCUT2D eigenvalue weighted by Crippen LogP contribution is 2.46. The van der Waals surface area contributed by atoms with Crippen molar-refractivity contribution < 1.29 is 74.6 Å². The zero-order chi connectivity index (χ0) is 79.1. The van der Waals surface area contributed by atoms with Crippen molar-refractivity contribution >= 4 is 175 Å². The van der Waals surface area contributed by atoms with E-state index in [1.54, 1.807) is 84.1 Å². The number of Topliss-reactive ketones (excluding diaryl/α,β-unsaturated/α-hetero) is 6. The summed E-state index contributed by atoms with van der Waals surface area (Å²) in [5.41, 5.74) is 9.36. The first-order valence-corrected chi connectivity index (χ1v) is 38.5.